The smallest absolute Gasteiger partial charge is 0.142 e. The van der Waals surface area contributed by atoms with Crippen molar-refractivity contribution in [2.24, 2.45) is 0 Å². The van der Waals surface area contributed by atoms with E-state index < -0.39 is 0 Å². The van der Waals surface area contributed by atoms with E-state index in [4.69, 9.17) is 28.9 Å². The lowest BCUT2D eigenvalue weighted by Crippen LogP contribution is -2.00. The first-order valence-corrected chi connectivity index (χ1v) is 9.65. The maximum atomic E-state index is 9.61. The van der Waals surface area contributed by atoms with E-state index in [0.717, 1.165) is 16.7 Å². The molecule has 0 unspecified atom stereocenters. The Bertz CT molecular complexity index is 1210. The molecule has 0 saturated heterocycles. The first-order valence-electron chi connectivity index (χ1n) is 8.89. The molecule has 5 heteroatoms. The molecule has 0 bridgehead atoms. The lowest BCUT2D eigenvalue weighted by Gasteiger charge is -2.13. The third-order valence-electron chi connectivity index (χ3n) is 4.68. The molecule has 0 amide bonds. The van der Waals surface area contributed by atoms with Gasteiger partial charge in [0.1, 0.15) is 17.5 Å². The van der Waals surface area contributed by atoms with E-state index in [0.29, 0.717) is 26.9 Å². The second-order valence-corrected chi connectivity index (χ2v) is 7.28. The van der Waals surface area contributed by atoms with Crippen LogP contribution in [-0.4, -0.2) is 4.98 Å². The number of benzene rings is 3. The van der Waals surface area contributed by atoms with Crippen LogP contribution < -0.4 is 5.73 Å². The van der Waals surface area contributed by atoms with Crippen LogP contribution in [0.3, 0.4) is 0 Å². The summed E-state index contributed by atoms with van der Waals surface area (Å²) in [6.07, 6.45) is 0. The second kappa shape index (κ2) is 7.97. The average molecular weight is 416 g/mol. The quantitative estimate of drug-likeness (QED) is 0.398. The predicted octanol–water partition coefficient (Wildman–Crippen LogP) is 6.84. The highest BCUT2D eigenvalue weighted by atomic mass is 35.5. The topological polar surface area (TPSA) is 62.7 Å². The largest absolute Gasteiger partial charge is 0.383 e. The zero-order valence-corrected chi connectivity index (χ0v) is 16.7. The van der Waals surface area contributed by atoms with Crippen molar-refractivity contribution >= 4 is 29.0 Å². The summed E-state index contributed by atoms with van der Waals surface area (Å²) in [7, 11) is 0. The molecule has 0 radical (unpaired) electrons. The van der Waals surface area contributed by atoms with E-state index in [1.54, 1.807) is 24.3 Å². The summed E-state index contributed by atoms with van der Waals surface area (Å²) in [5, 5.41) is 10.5. The van der Waals surface area contributed by atoms with Crippen LogP contribution >= 0.6 is 23.2 Å². The monoisotopic (exact) mass is 415 g/mol. The minimum atomic E-state index is 0.142. The van der Waals surface area contributed by atoms with Crippen molar-refractivity contribution < 1.29 is 0 Å². The highest BCUT2D eigenvalue weighted by molar-refractivity contribution is 6.39. The molecule has 140 valence electrons. The molecule has 0 saturated carbocycles. The maximum Gasteiger partial charge on any atom is 0.142 e. The Morgan fingerprint density at radius 2 is 1.34 bits per heavy atom. The molecule has 29 heavy (non-hydrogen) atoms. The van der Waals surface area contributed by atoms with Crippen LogP contribution in [-0.2, 0) is 0 Å². The minimum absolute atomic E-state index is 0.142. The van der Waals surface area contributed by atoms with E-state index >= 15 is 0 Å². The molecular weight excluding hydrogens is 401 g/mol. The number of aromatic nitrogens is 1. The molecule has 4 rings (SSSR count). The minimum Gasteiger partial charge on any atom is -0.383 e. The Balaban J connectivity index is 1.84. The number of halogens is 2. The molecule has 1 aromatic heterocycles. The Kier molecular flexibility index (Phi) is 5.22. The summed E-state index contributed by atoms with van der Waals surface area (Å²) in [6, 6.07) is 27.3. The van der Waals surface area contributed by atoms with Crippen molar-refractivity contribution in [2.45, 2.75) is 0 Å². The summed E-state index contributed by atoms with van der Waals surface area (Å²) >= 11 is 12.8. The van der Waals surface area contributed by atoms with Crippen LogP contribution in [0.5, 0.6) is 0 Å². The highest BCUT2D eigenvalue weighted by Crippen LogP contribution is 2.39. The molecule has 0 fully saturated rings. The van der Waals surface area contributed by atoms with Crippen LogP contribution in [0.25, 0.3) is 33.5 Å². The lowest BCUT2D eigenvalue weighted by molar-refractivity contribution is 1.31. The number of hydrogen-bond acceptors (Lipinski definition) is 3. The van der Waals surface area contributed by atoms with E-state index in [1.165, 1.54) is 0 Å². The molecule has 0 atom stereocenters. The normalized spacial score (nSPS) is 10.5. The van der Waals surface area contributed by atoms with Gasteiger partial charge in [-0.25, -0.2) is 4.98 Å². The van der Waals surface area contributed by atoms with E-state index in [-0.39, 0.29) is 11.4 Å². The SMILES string of the molecule is N#Cc1c(-c2c(Cl)cccc2Cl)cc(-c2ccc(-c3ccccc3)cc2)nc1N. The van der Waals surface area contributed by atoms with Gasteiger partial charge in [0.25, 0.3) is 0 Å². The number of nitrogens with zero attached hydrogens (tertiary/aromatic N) is 2. The van der Waals surface area contributed by atoms with Crippen molar-refractivity contribution in [3.63, 3.8) is 0 Å². The maximum absolute atomic E-state index is 9.61. The fraction of sp³-hybridized carbons (Fsp3) is 0. The molecule has 0 aliphatic rings. The van der Waals surface area contributed by atoms with Gasteiger partial charge >= 0.3 is 0 Å². The highest BCUT2D eigenvalue weighted by Gasteiger charge is 2.18. The second-order valence-electron chi connectivity index (χ2n) is 6.47. The number of anilines is 1. The van der Waals surface area contributed by atoms with Crippen molar-refractivity contribution in [2.75, 3.05) is 5.73 Å². The van der Waals surface area contributed by atoms with Crippen molar-refractivity contribution in [3.05, 3.63) is 94.5 Å². The molecule has 0 aliphatic carbocycles. The van der Waals surface area contributed by atoms with Gasteiger partial charge in [-0.1, -0.05) is 83.9 Å². The van der Waals surface area contributed by atoms with E-state index in [9.17, 15) is 5.26 Å². The van der Waals surface area contributed by atoms with Gasteiger partial charge in [0.2, 0.25) is 0 Å². The van der Waals surface area contributed by atoms with Gasteiger partial charge in [-0.15, -0.1) is 0 Å². The first-order chi connectivity index (χ1) is 14.1. The molecule has 3 aromatic carbocycles. The summed E-state index contributed by atoms with van der Waals surface area (Å²) in [6.45, 7) is 0. The molecular formula is C24H15Cl2N3. The van der Waals surface area contributed by atoms with Gasteiger partial charge < -0.3 is 5.73 Å². The van der Waals surface area contributed by atoms with Crippen molar-refractivity contribution in [3.8, 4) is 39.6 Å². The van der Waals surface area contributed by atoms with Crippen LogP contribution in [0.2, 0.25) is 10.0 Å². The Morgan fingerprint density at radius 1 is 0.759 bits per heavy atom. The van der Waals surface area contributed by atoms with E-state index in [1.807, 2.05) is 42.5 Å². The van der Waals surface area contributed by atoms with Gasteiger partial charge in [0.15, 0.2) is 0 Å². The summed E-state index contributed by atoms with van der Waals surface area (Å²) in [5.41, 5.74) is 11.3. The van der Waals surface area contributed by atoms with Crippen molar-refractivity contribution in [1.82, 2.24) is 4.98 Å². The number of pyridine rings is 1. The Labute approximate surface area is 179 Å². The lowest BCUT2D eigenvalue weighted by atomic mass is 9.97. The molecule has 3 nitrogen and oxygen atoms in total. The summed E-state index contributed by atoms with van der Waals surface area (Å²) in [5.74, 6) is 0.142. The number of rotatable bonds is 3. The average Bonchev–Trinajstić information content (AvgIpc) is 2.74. The fourth-order valence-corrected chi connectivity index (χ4v) is 3.85. The summed E-state index contributed by atoms with van der Waals surface area (Å²) < 4.78 is 0. The number of nitrogens with two attached hydrogens (primary N) is 1. The zero-order valence-electron chi connectivity index (χ0n) is 15.2. The van der Waals surface area contributed by atoms with Crippen LogP contribution in [0.1, 0.15) is 5.56 Å². The van der Waals surface area contributed by atoms with Gasteiger partial charge in [-0.3, -0.25) is 0 Å². The standard InChI is InChI=1S/C24H15Cl2N3/c25-20-7-4-8-21(26)23(20)18-13-22(29-24(28)19(18)14-27)17-11-9-16(10-12-17)15-5-2-1-3-6-15/h1-13H,(H2,28,29). The van der Waals surface area contributed by atoms with Crippen molar-refractivity contribution in [1.29, 1.82) is 5.26 Å². The van der Waals surface area contributed by atoms with Crippen LogP contribution in [0, 0.1) is 11.3 Å². The van der Waals surface area contributed by atoms with Gasteiger partial charge in [-0.2, -0.15) is 5.26 Å². The molecule has 4 aromatic rings. The Hall–Kier alpha value is -3.32. The van der Waals surface area contributed by atoms with Crippen LogP contribution in [0.15, 0.2) is 78.9 Å². The van der Waals surface area contributed by atoms with Crippen LogP contribution in [0.4, 0.5) is 5.82 Å². The Morgan fingerprint density at radius 3 is 1.97 bits per heavy atom. The number of hydrogen-bond donors (Lipinski definition) is 1. The van der Waals surface area contributed by atoms with E-state index in [2.05, 4.69) is 23.2 Å². The number of nitrogen functional groups attached to an aromatic ring is 1. The summed E-state index contributed by atoms with van der Waals surface area (Å²) in [4.78, 5) is 4.43. The zero-order chi connectivity index (χ0) is 20.4. The molecule has 1 heterocycles. The van der Waals surface area contributed by atoms with Gasteiger partial charge in [-0.05, 0) is 29.3 Å². The van der Waals surface area contributed by atoms with Gasteiger partial charge in [0, 0.05) is 26.7 Å². The molecule has 2 N–H and O–H groups in total. The number of nitriles is 1. The van der Waals surface area contributed by atoms with Gasteiger partial charge in [0.05, 0.1) is 5.69 Å². The first kappa shape index (κ1) is 19.0. The predicted molar refractivity (Wildman–Crippen MR) is 120 cm³/mol. The molecule has 0 aliphatic heterocycles. The third kappa shape index (κ3) is 3.69. The molecule has 0 spiro atoms. The fourth-order valence-electron chi connectivity index (χ4n) is 3.25. The third-order valence-corrected chi connectivity index (χ3v) is 5.31.